The first-order valence-electron chi connectivity index (χ1n) is 8.54. The lowest BCUT2D eigenvalue weighted by atomic mass is 10.1. The summed E-state index contributed by atoms with van der Waals surface area (Å²) in [6.07, 6.45) is 1.46. The van der Waals surface area contributed by atoms with Gasteiger partial charge in [0.05, 0.1) is 29.2 Å². The van der Waals surface area contributed by atoms with Gasteiger partial charge in [0.2, 0.25) is 5.82 Å². The number of rotatable bonds is 5. The lowest BCUT2D eigenvalue weighted by molar-refractivity contribution is 0.101. The molecule has 0 fully saturated rings. The highest BCUT2D eigenvalue weighted by Gasteiger charge is 2.27. The maximum absolute atomic E-state index is 14.0. The van der Waals surface area contributed by atoms with E-state index in [4.69, 9.17) is 0 Å². The van der Waals surface area contributed by atoms with Crippen LogP contribution in [0.3, 0.4) is 0 Å². The predicted octanol–water partition coefficient (Wildman–Crippen LogP) is 3.71. The van der Waals surface area contributed by atoms with E-state index >= 15 is 0 Å². The van der Waals surface area contributed by atoms with E-state index in [1.165, 1.54) is 30.8 Å². The number of anilines is 1. The van der Waals surface area contributed by atoms with Gasteiger partial charge < -0.3 is 5.32 Å². The van der Waals surface area contributed by atoms with Crippen LogP contribution in [-0.2, 0) is 13.1 Å². The van der Waals surface area contributed by atoms with Crippen LogP contribution in [0.2, 0.25) is 0 Å². The monoisotopic (exact) mass is 413 g/mol. The van der Waals surface area contributed by atoms with E-state index in [-0.39, 0.29) is 11.4 Å². The van der Waals surface area contributed by atoms with E-state index in [9.17, 15) is 26.7 Å². The van der Waals surface area contributed by atoms with E-state index in [1.807, 2.05) is 6.92 Å². The van der Waals surface area contributed by atoms with Crippen LogP contribution in [0, 0.1) is 42.9 Å². The number of carbonyl (C=O) groups is 1. The Kier molecular flexibility index (Phi) is 5.40. The van der Waals surface area contributed by atoms with E-state index in [1.54, 1.807) is 0 Å². The van der Waals surface area contributed by atoms with Gasteiger partial charge in [-0.15, -0.1) is 0 Å². The van der Waals surface area contributed by atoms with Gasteiger partial charge in [0, 0.05) is 12.7 Å². The third-order valence-corrected chi connectivity index (χ3v) is 4.48. The van der Waals surface area contributed by atoms with Crippen molar-refractivity contribution in [1.29, 1.82) is 0 Å². The number of aryl methyl sites for hydroxylation is 2. The minimum absolute atomic E-state index is 0.266. The van der Waals surface area contributed by atoms with Crippen LogP contribution in [0.1, 0.15) is 34.4 Å². The van der Waals surface area contributed by atoms with Crippen LogP contribution in [0.4, 0.5) is 27.6 Å². The Labute approximate surface area is 161 Å². The summed E-state index contributed by atoms with van der Waals surface area (Å²) in [5.74, 6) is -10.6. The lowest BCUT2D eigenvalue weighted by Gasteiger charge is -2.10. The number of aromatic nitrogens is 4. The van der Waals surface area contributed by atoms with Crippen molar-refractivity contribution >= 4 is 11.6 Å². The molecule has 1 amide bonds. The molecule has 11 heteroatoms. The molecule has 2 heterocycles. The first kappa shape index (κ1) is 20.5. The molecule has 0 saturated heterocycles. The molecule has 0 aliphatic heterocycles. The maximum atomic E-state index is 14.0. The molecule has 0 radical (unpaired) electrons. The zero-order valence-electron chi connectivity index (χ0n) is 15.7. The summed E-state index contributed by atoms with van der Waals surface area (Å²) in [6.45, 7) is 4.60. The van der Waals surface area contributed by atoms with Gasteiger partial charge in [-0.25, -0.2) is 22.0 Å². The third-order valence-electron chi connectivity index (χ3n) is 4.48. The summed E-state index contributed by atoms with van der Waals surface area (Å²) in [5, 5.41) is 10.7. The topological polar surface area (TPSA) is 64.7 Å². The Bertz CT molecular complexity index is 1080. The number of hydrogen-bond acceptors (Lipinski definition) is 3. The van der Waals surface area contributed by atoms with Gasteiger partial charge in [-0.2, -0.15) is 10.2 Å². The van der Waals surface area contributed by atoms with Crippen molar-refractivity contribution in [2.75, 3.05) is 5.32 Å². The average Bonchev–Trinajstić information content (AvgIpc) is 3.28. The summed E-state index contributed by atoms with van der Waals surface area (Å²) < 4.78 is 70.5. The molecule has 3 rings (SSSR count). The highest BCUT2D eigenvalue weighted by molar-refractivity contribution is 6.03. The fraction of sp³-hybridized carbons (Fsp3) is 0.278. The van der Waals surface area contributed by atoms with Crippen molar-refractivity contribution in [3.8, 4) is 0 Å². The molecule has 1 N–H and O–H groups in total. The molecule has 29 heavy (non-hydrogen) atoms. The number of halogens is 5. The number of carbonyl (C=O) groups excluding carboxylic acids is 1. The van der Waals surface area contributed by atoms with Crippen LogP contribution in [0.5, 0.6) is 0 Å². The molecule has 2 aromatic heterocycles. The summed E-state index contributed by atoms with van der Waals surface area (Å²) in [5.41, 5.74) is 0.125. The van der Waals surface area contributed by atoms with E-state index in [0.29, 0.717) is 17.9 Å². The normalized spacial score (nSPS) is 11.2. The fourth-order valence-electron chi connectivity index (χ4n) is 2.93. The molecule has 1 aromatic carbocycles. The Hall–Kier alpha value is -3.24. The Morgan fingerprint density at radius 2 is 1.59 bits per heavy atom. The Morgan fingerprint density at radius 3 is 2.17 bits per heavy atom. The summed E-state index contributed by atoms with van der Waals surface area (Å²) in [6, 6.07) is 1.52. The van der Waals surface area contributed by atoms with Crippen molar-refractivity contribution in [1.82, 2.24) is 19.6 Å². The zero-order valence-corrected chi connectivity index (χ0v) is 15.7. The van der Waals surface area contributed by atoms with Gasteiger partial charge in [-0.05, 0) is 26.8 Å². The molecular formula is C18H16F5N5O. The molecule has 0 bridgehead atoms. The van der Waals surface area contributed by atoms with Crippen LogP contribution < -0.4 is 5.32 Å². The second kappa shape index (κ2) is 7.64. The van der Waals surface area contributed by atoms with Gasteiger partial charge in [0.15, 0.2) is 23.3 Å². The molecule has 0 spiro atoms. The number of benzene rings is 1. The highest BCUT2D eigenvalue weighted by atomic mass is 19.2. The second-order valence-corrected chi connectivity index (χ2v) is 6.24. The molecule has 154 valence electrons. The second-order valence-electron chi connectivity index (χ2n) is 6.24. The smallest absolute Gasteiger partial charge is 0.274 e. The van der Waals surface area contributed by atoms with Crippen molar-refractivity contribution in [2.45, 2.75) is 33.9 Å². The zero-order chi connectivity index (χ0) is 21.5. The Balaban J connectivity index is 1.94. The first-order valence-corrected chi connectivity index (χ1v) is 8.54. The van der Waals surface area contributed by atoms with E-state index < -0.39 is 47.1 Å². The summed E-state index contributed by atoms with van der Waals surface area (Å²) in [7, 11) is 0. The van der Waals surface area contributed by atoms with Crippen LogP contribution in [0.25, 0.3) is 0 Å². The largest absolute Gasteiger partial charge is 0.317 e. The summed E-state index contributed by atoms with van der Waals surface area (Å²) in [4.78, 5) is 12.5. The number of amides is 1. The highest BCUT2D eigenvalue weighted by Crippen LogP contribution is 2.26. The van der Waals surface area contributed by atoms with Crippen molar-refractivity contribution in [3.05, 3.63) is 64.0 Å². The van der Waals surface area contributed by atoms with Gasteiger partial charge in [0.1, 0.15) is 5.69 Å². The molecule has 6 nitrogen and oxygen atoms in total. The molecular weight excluding hydrogens is 397 g/mol. The van der Waals surface area contributed by atoms with Crippen LogP contribution in [-0.4, -0.2) is 25.5 Å². The SMILES string of the molecule is CCn1nccc1C(=O)Nc1c(C)nn(Cc2c(F)c(F)c(F)c(F)c2F)c1C. The summed E-state index contributed by atoms with van der Waals surface area (Å²) >= 11 is 0. The molecule has 3 aromatic rings. The number of nitrogens with one attached hydrogen (secondary N) is 1. The van der Waals surface area contributed by atoms with Crippen molar-refractivity contribution in [3.63, 3.8) is 0 Å². The average molecular weight is 413 g/mol. The van der Waals surface area contributed by atoms with Crippen LogP contribution >= 0.6 is 0 Å². The minimum Gasteiger partial charge on any atom is -0.317 e. The third kappa shape index (κ3) is 3.47. The van der Waals surface area contributed by atoms with Gasteiger partial charge in [0.25, 0.3) is 5.91 Å². The van der Waals surface area contributed by atoms with Crippen LogP contribution in [0.15, 0.2) is 12.3 Å². The minimum atomic E-state index is -2.22. The predicted molar refractivity (Wildman–Crippen MR) is 92.9 cm³/mol. The fourth-order valence-corrected chi connectivity index (χ4v) is 2.93. The number of nitrogens with zero attached hydrogens (tertiary/aromatic N) is 4. The van der Waals surface area contributed by atoms with Crippen molar-refractivity contribution < 1.29 is 26.7 Å². The van der Waals surface area contributed by atoms with Gasteiger partial charge in [-0.1, -0.05) is 0 Å². The molecule has 0 unspecified atom stereocenters. The number of hydrogen-bond donors (Lipinski definition) is 1. The Morgan fingerprint density at radius 1 is 1.00 bits per heavy atom. The molecule has 0 atom stereocenters. The molecule has 0 saturated carbocycles. The standard InChI is InChI=1S/C18H16F5N5O/c1-4-27-11(5-6-24-27)18(29)25-17-8(2)26-28(9(17)3)7-10-12(19)14(21)16(23)15(22)13(10)20/h5-6H,4,7H2,1-3H3,(H,25,29). The van der Waals surface area contributed by atoms with E-state index in [2.05, 4.69) is 15.5 Å². The van der Waals surface area contributed by atoms with Gasteiger partial charge in [-0.3, -0.25) is 14.2 Å². The lowest BCUT2D eigenvalue weighted by Crippen LogP contribution is -2.18. The van der Waals surface area contributed by atoms with Crippen molar-refractivity contribution in [2.24, 2.45) is 0 Å². The maximum Gasteiger partial charge on any atom is 0.274 e. The van der Waals surface area contributed by atoms with Gasteiger partial charge >= 0.3 is 0 Å². The quantitative estimate of drug-likeness (QED) is 0.394. The van der Waals surface area contributed by atoms with E-state index in [0.717, 1.165) is 4.68 Å². The molecule has 0 aliphatic rings. The molecule has 0 aliphatic carbocycles. The first-order chi connectivity index (χ1) is 13.7.